The van der Waals surface area contributed by atoms with Gasteiger partial charge in [0.2, 0.25) is 0 Å². The zero-order chi connectivity index (χ0) is 11.1. The first-order chi connectivity index (χ1) is 7.20. The maximum atomic E-state index is 12.3. The molecule has 0 spiro atoms. The van der Waals surface area contributed by atoms with Crippen LogP contribution in [0.25, 0.3) is 0 Å². The van der Waals surface area contributed by atoms with Crippen LogP contribution in [-0.4, -0.2) is 37.0 Å². The summed E-state index contributed by atoms with van der Waals surface area (Å²) < 4.78 is 5.63. The van der Waals surface area contributed by atoms with E-state index in [-0.39, 0.29) is 10.8 Å². The van der Waals surface area contributed by atoms with Gasteiger partial charge in [0.1, 0.15) is 19.2 Å². The molecule has 3 nitrogen and oxygen atoms in total. The van der Waals surface area contributed by atoms with Crippen LogP contribution in [0.1, 0.15) is 46.0 Å². The molecule has 90 valence electrons. The number of hydrogen-bond donors (Lipinski definition) is 0. The summed E-state index contributed by atoms with van der Waals surface area (Å²) in [7, 11) is 0. The van der Waals surface area contributed by atoms with Crippen molar-refractivity contribution in [2.75, 3.05) is 26.2 Å². The van der Waals surface area contributed by atoms with Crippen molar-refractivity contribution in [2.45, 2.75) is 52.1 Å². The van der Waals surface area contributed by atoms with Crippen molar-refractivity contribution in [3.63, 3.8) is 0 Å². The summed E-state index contributed by atoms with van der Waals surface area (Å²) in [5, 5.41) is 12.3. The van der Waals surface area contributed by atoms with Gasteiger partial charge in [-0.2, -0.15) is 0 Å². The van der Waals surface area contributed by atoms with Gasteiger partial charge >= 0.3 is 0 Å². The Morgan fingerprint density at radius 3 is 2.67 bits per heavy atom. The van der Waals surface area contributed by atoms with E-state index in [1.54, 1.807) is 0 Å². The maximum absolute atomic E-state index is 12.3. The van der Waals surface area contributed by atoms with Gasteiger partial charge in [0.05, 0.1) is 13.2 Å². The van der Waals surface area contributed by atoms with E-state index in [0.717, 1.165) is 25.8 Å². The minimum absolute atomic E-state index is 0.0117. The van der Waals surface area contributed by atoms with E-state index in [1.165, 1.54) is 12.8 Å². The molecule has 2 atom stereocenters. The third-order valence-corrected chi connectivity index (χ3v) is 3.19. The fourth-order valence-electron chi connectivity index (χ4n) is 2.16. The molecule has 0 aromatic heterocycles. The Morgan fingerprint density at radius 1 is 1.27 bits per heavy atom. The van der Waals surface area contributed by atoms with E-state index in [4.69, 9.17) is 4.74 Å². The standard InChI is InChI=1S/C12H25NO2/c1-3-5-7-12-11-13(14,8-6-4-2)9-10-15-12/h12H,3-11H2,1-2H3. The predicted molar refractivity (Wildman–Crippen MR) is 62.4 cm³/mol. The van der Waals surface area contributed by atoms with Crippen molar-refractivity contribution in [1.29, 1.82) is 0 Å². The van der Waals surface area contributed by atoms with Gasteiger partial charge in [-0.1, -0.05) is 33.1 Å². The second-order valence-electron chi connectivity index (χ2n) is 4.68. The molecule has 0 aliphatic carbocycles. The van der Waals surface area contributed by atoms with E-state index in [9.17, 15) is 5.21 Å². The second-order valence-corrected chi connectivity index (χ2v) is 4.68. The molecular formula is C12H25NO2. The molecule has 0 radical (unpaired) electrons. The summed E-state index contributed by atoms with van der Waals surface area (Å²) in [6, 6.07) is 0. The summed E-state index contributed by atoms with van der Waals surface area (Å²) in [5.74, 6) is 0. The number of ether oxygens (including phenoxy) is 1. The van der Waals surface area contributed by atoms with Crippen molar-refractivity contribution in [3.05, 3.63) is 5.21 Å². The number of nitrogens with zero attached hydrogens (tertiary/aromatic N) is 1. The average molecular weight is 215 g/mol. The second kappa shape index (κ2) is 6.46. The first-order valence-corrected chi connectivity index (χ1v) is 6.39. The lowest BCUT2D eigenvalue weighted by Gasteiger charge is -2.48. The molecule has 1 fully saturated rings. The van der Waals surface area contributed by atoms with Gasteiger partial charge in [0.15, 0.2) is 0 Å². The zero-order valence-electron chi connectivity index (χ0n) is 10.2. The minimum Gasteiger partial charge on any atom is -0.633 e. The van der Waals surface area contributed by atoms with E-state index < -0.39 is 0 Å². The van der Waals surface area contributed by atoms with Crippen LogP contribution in [0.4, 0.5) is 0 Å². The lowest BCUT2D eigenvalue weighted by molar-refractivity contribution is -0.892. The monoisotopic (exact) mass is 215 g/mol. The van der Waals surface area contributed by atoms with Gasteiger partial charge in [-0.3, -0.25) is 0 Å². The molecule has 0 bridgehead atoms. The van der Waals surface area contributed by atoms with Crippen LogP contribution >= 0.6 is 0 Å². The van der Waals surface area contributed by atoms with Gasteiger partial charge < -0.3 is 14.6 Å². The SMILES string of the molecule is CCCCC1C[N+]([O-])(CCCC)CCO1. The Morgan fingerprint density at radius 2 is 2.00 bits per heavy atom. The topological polar surface area (TPSA) is 32.3 Å². The normalized spacial score (nSPS) is 31.8. The molecule has 15 heavy (non-hydrogen) atoms. The smallest absolute Gasteiger partial charge is 0.107 e. The highest BCUT2D eigenvalue weighted by Gasteiger charge is 2.27. The fourth-order valence-corrected chi connectivity index (χ4v) is 2.16. The molecule has 1 rings (SSSR count). The quantitative estimate of drug-likeness (QED) is 0.504. The molecular weight excluding hydrogens is 190 g/mol. The van der Waals surface area contributed by atoms with Crippen LogP contribution in [-0.2, 0) is 4.74 Å². The molecule has 0 amide bonds. The Bertz CT molecular complexity index is 175. The van der Waals surface area contributed by atoms with E-state index in [1.807, 2.05) is 0 Å². The molecule has 0 N–H and O–H groups in total. The highest BCUT2D eigenvalue weighted by Crippen LogP contribution is 2.18. The number of hydrogen-bond acceptors (Lipinski definition) is 2. The van der Waals surface area contributed by atoms with Crippen molar-refractivity contribution in [1.82, 2.24) is 0 Å². The third kappa shape index (κ3) is 4.49. The highest BCUT2D eigenvalue weighted by atomic mass is 16.6. The molecule has 3 heteroatoms. The van der Waals surface area contributed by atoms with Gasteiger partial charge in [0, 0.05) is 0 Å². The van der Waals surface area contributed by atoms with Crippen molar-refractivity contribution in [3.8, 4) is 0 Å². The molecule has 1 aliphatic heterocycles. The molecule has 0 aromatic carbocycles. The maximum Gasteiger partial charge on any atom is 0.107 e. The lowest BCUT2D eigenvalue weighted by Crippen LogP contribution is -2.54. The molecule has 1 aliphatic rings. The Labute approximate surface area is 93.6 Å². The van der Waals surface area contributed by atoms with E-state index in [2.05, 4.69) is 13.8 Å². The van der Waals surface area contributed by atoms with Crippen LogP contribution in [0, 0.1) is 5.21 Å². The molecule has 1 saturated heterocycles. The number of unbranched alkanes of at least 4 members (excludes halogenated alkanes) is 2. The first kappa shape index (κ1) is 12.9. The van der Waals surface area contributed by atoms with Gasteiger partial charge in [-0.15, -0.1) is 0 Å². The summed E-state index contributed by atoms with van der Waals surface area (Å²) in [4.78, 5) is 0. The average Bonchev–Trinajstić information content (AvgIpc) is 2.24. The number of quaternary nitrogens is 1. The molecule has 1 heterocycles. The van der Waals surface area contributed by atoms with Crippen molar-refractivity contribution < 1.29 is 9.38 Å². The fraction of sp³-hybridized carbons (Fsp3) is 1.00. The lowest BCUT2D eigenvalue weighted by atomic mass is 10.1. The zero-order valence-corrected chi connectivity index (χ0v) is 10.2. The Hall–Kier alpha value is -0.120. The molecule has 2 unspecified atom stereocenters. The van der Waals surface area contributed by atoms with Gasteiger partial charge in [-0.25, -0.2) is 0 Å². The number of hydroxylamine groups is 3. The Kier molecular flexibility index (Phi) is 5.58. The van der Waals surface area contributed by atoms with E-state index in [0.29, 0.717) is 19.7 Å². The van der Waals surface area contributed by atoms with E-state index >= 15 is 0 Å². The van der Waals surface area contributed by atoms with Crippen LogP contribution in [0.2, 0.25) is 0 Å². The van der Waals surface area contributed by atoms with Crippen LogP contribution < -0.4 is 0 Å². The first-order valence-electron chi connectivity index (χ1n) is 6.39. The summed E-state index contributed by atoms with van der Waals surface area (Å²) in [6.07, 6.45) is 5.80. The van der Waals surface area contributed by atoms with Gasteiger partial charge in [-0.05, 0) is 12.8 Å². The van der Waals surface area contributed by atoms with Gasteiger partial charge in [0.25, 0.3) is 0 Å². The largest absolute Gasteiger partial charge is 0.633 e. The van der Waals surface area contributed by atoms with Crippen LogP contribution in [0.3, 0.4) is 0 Å². The Balaban J connectivity index is 2.32. The number of morpholine rings is 1. The van der Waals surface area contributed by atoms with Crippen molar-refractivity contribution in [2.24, 2.45) is 0 Å². The van der Waals surface area contributed by atoms with Crippen molar-refractivity contribution >= 4 is 0 Å². The summed E-state index contributed by atoms with van der Waals surface area (Å²) in [5.41, 5.74) is 0. The van der Waals surface area contributed by atoms with Crippen LogP contribution in [0.5, 0.6) is 0 Å². The summed E-state index contributed by atoms with van der Waals surface area (Å²) >= 11 is 0. The summed E-state index contributed by atoms with van der Waals surface area (Å²) in [6.45, 7) is 7.09. The molecule has 0 saturated carbocycles. The molecule has 0 aromatic rings. The van der Waals surface area contributed by atoms with Crippen LogP contribution in [0.15, 0.2) is 0 Å². The third-order valence-electron chi connectivity index (χ3n) is 3.19. The number of rotatable bonds is 6. The highest BCUT2D eigenvalue weighted by molar-refractivity contribution is 4.64. The minimum atomic E-state index is -0.0117. The predicted octanol–water partition coefficient (Wildman–Crippen LogP) is 2.69.